The third-order valence-electron chi connectivity index (χ3n) is 5.59. The first kappa shape index (κ1) is 23.0. The van der Waals surface area contributed by atoms with Crippen molar-refractivity contribution in [3.63, 3.8) is 0 Å². The molecule has 2 aromatic heterocycles. The second-order valence-electron chi connectivity index (χ2n) is 8.07. The minimum atomic E-state index is -1.06. The zero-order chi connectivity index (χ0) is 23.5. The Bertz CT molecular complexity index is 1230. The number of hydrogen-bond acceptors (Lipinski definition) is 5. The number of halogens is 3. The average molecular weight is 469 g/mol. The third kappa shape index (κ3) is 5.43. The fourth-order valence-electron chi connectivity index (χ4n) is 3.63. The van der Waals surface area contributed by atoms with E-state index >= 15 is 0 Å². The van der Waals surface area contributed by atoms with Crippen LogP contribution in [0.3, 0.4) is 0 Å². The minimum Gasteiger partial charge on any atom is -0.373 e. The molecular formula is C25H23ClF2N4O. The number of aryl methyl sites for hydroxylation is 1. The molecule has 0 radical (unpaired) electrons. The maximum atomic E-state index is 14.8. The molecular weight excluding hydrogens is 446 g/mol. The highest BCUT2D eigenvalue weighted by molar-refractivity contribution is 6.31. The third-order valence-corrected chi connectivity index (χ3v) is 5.91. The van der Waals surface area contributed by atoms with Gasteiger partial charge in [-0.3, -0.25) is 4.98 Å². The average Bonchev–Trinajstić information content (AvgIpc) is 3.61. The zero-order valence-corrected chi connectivity index (χ0v) is 18.7. The van der Waals surface area contributed by atoms with E-state index in [1.165, 1.54) is 6.07 Å². The number of nitrogens with zero attached hydrogens (tertiary/aromatic N) is 2. The van der Waals surface area contributed by atoms with Crippen molar-refractivity contribution in [3.8, 4) is 11.1 Å². The molecule has 170 valence electrons. The molecule has 1 aliphatic rings. The molecule has 0 aliphatic heterocycles. The van der Waals surface area contributed by atoms with Crippen LogP contribution in [-0.4, -0.2) is 27.5 Å². The molecule has 1 aliphatic carbocycles. The molecule has 0 amide bonds. The fourth-order valence-corrected chi connectivity index (χ4v) is 3.94. The van der Waals surface area contributed by atoms with Crippen LogP contribution < -0.4 is 5.32 Å². The summed E-state index contributed by atoms with van der Waals surface area (Å²) < 4.78 is 29.0. The molecule has 0 saturated heterocycles. The van der Waals surface area contributed by atoms with Gasteiger partial charge in [-0.05, 0) is 66.6 Å². The Kier molecular flexibility index (Phi) is 6.81. The molecule has 1 saturated carbocycles. The highest BCUT2D eigenvalue weighted by atomic mass is 35.5. The maximum absolute atomic E-state index is 14.8. The van der Waals surface area contributed by atoms with Crippen molar-refractivity contribution in [3.05, 3.63) is 82.0 Å². The zero-order valence-electron chi connectivity index (χ0n) is 17.9. The highest BCUT2D eigenvalue weighted by Crippen LogP contribution is 2.43. The number of aromatic nitrogens is 2. The lowest BCUT2D eigenvalue weighted by Gasteiger charge is -2.15. The summed E-state index contributed by atoms with van der Waals surface area (Å²) >= 11 is 6.30. The van der Waals surface area contributed by atoms with Crippen LogP contribution in [0.15, 0.2) is 48.8 Å². The van der Waals surface area contributed by atoms with E-state index < -0.39 is 17.9 Å². The SMILES string of the molecule is Cc1ncc(-c2ccc(CC(O)Nc3cc(Cl)c(C4CC4)cn3)c(F)c2)cc1/C(F)=C\C=N. The van der Waals surface area contributed by atoms with Crippen LogP contribution in [0, 0.1) is 18.2 Å². The maximum Gasteiger partial charge on any atom is 0.133 e. The van der Waals surface area contributed by atoms with Crippen molar-refractivity contribution < 1.29 is 13.9 Å². The van der Waals surface area contributed by atoms with E-state index in [1.807, 2.05) is 0 Å². The number of allylic oxidation sites excluding steroid dienone is 1. The second kappa shape index (κ2) is 9.77. The van der Waals surface area contributed by atoms with Gasteiger partial charge >= 0.3 is 0 Å². The Morgan fingerprint density at radius 1 is 1.24 bits per heavy atom. The van der Waals surface area contributed by atoms with Crippen LogP contribution >= 0.6 is 11.6 Å². The largest absolute Gasteiger partial charge is 0.373 e. The summed E-state index contributed by atoms with van der Waals surface area (Å²) in [5, 5.41) is 20.9. The number of nitrogens with one attached hydrogen (secondary N) is 2. The molecule has 8 heteroatoms. The lowest BCUT2D eigenvalue weighted by Crippen LogP contribution is -2.22. The molecule has 1 aromatic carbocycles. The number of aliphatic hydroxyl groups is 1. The quantitative estimate of drug-likeness (QED) is 0.277. The monoisotopic (exact) mass is 468 g/mol. The van der Waals surface area contributed by atoms with Gasteiger partial charge in [0.15, 0.2) is 0 Å². The molecule has 3 N–H and O–H groups in total. The second-order valence-corrected chi connectivity index (χ2v) is 8.48. The van der Waals surface area contributed by atoms with E-state index in [4.69, 9.17) is 17.0 Å². The van der Waals surface area contributed by atoms with Crippen LogP contribution in [0.2, 0.25) is 5.02 Å². The predicted molar refractivity (Wildman–Crippen MR) is 127 cm³/mol. The fraction of sp³-hybridized carbons (Fsp3) is 0.240. The predicted octanol–water partition coefficient (Wildman–Crippen LogP) is 6.05. The Balaban J connectivity index is 1.47. The van der Waals surface area contributed by atoms with Gasteiger partial charge in [0.25, 0.3) is 0 Å². The molecule has 0 bridgehead atoms. The van der Waals surface area contributed by atoms with Gasteiger partial charge in [-0.2, -0.15) is 0 Å². The van der Waals surface area contributed by atoms with Crippen LogP contribution in [-0.2, 0) is 6.42 Å². The standard InChI is InChI=1S/C25H23ClF2N4O/c1-14-19(22(27)6-7-29)8-18(12-30-14)16-4-5-17(23(28)9-16)10-25(33)32-24-11-21(26)20(13-31-24)15-2-3-15/h4-9,11-13,15,25,29,33H,2-3,10H2,1H3,(H,31,32)/b22-6+,29-7?. The van der Waals surface area contributed by atoms with Crippen molar-refractivity contribution in [1.82, 2.24) is 9.97 Å². The first-order valence-corrected chi connectivity index (χ1v) is 11.0. The van der Waals surface area contributed by atoms with Gasteiger partial charge in [-0.15, -0.1) is 0 Å². The van der Waals surface area contributed by atoms with E-state index in [1.54, 1.807) is 43.6 Å². The van der Waals surface area contributed by atoms with E-state index in [2.05, 4.69) is 15.3 Å². The van der Waals surface area contributed by atoms with Gasteiger partial charge in [0.05, 0.1) is 0 Å². The van der Waals surface area contributed by atoms with Crippen molar-refractivity contribution in [2.24, 2.45) is 0 Å². The summed E-state index contributed by atoms with van der Waals surface area (Å²) in [6.07, 6.45) is 6.34. The molecule has 33 heavy (non-hydrogen) atoms. The molecule has 3 aromatic rings. The number of hydrogen-bond donors (Lipinski definition) is 3. The Hall–Kier alpha value is -3.16. The molecule has 1 fully saturated rings. The molecule has 0 spiro atoms. The van der Waals surface area contributed by atoms with Crippen LogP contribution in [0.25, 0.3) is 17.0 Å². The van der Waals surface area contributed by atoms with Crippen LogP contribution in [0.5, 0.6) is 0 Å². The van der Waals surface area contributed by atoms with E-state index in [-0.39, 0.29) is 12.0 Å². The van der Waals surface area contributed by atoms with E-state index in [9.17, 15) is 13.9 Å². The molecule has 5 nitrogen and oxygen atoms in total. The molecule has 2 heterocycles. The summed E-state index contributed by atoms with van der Waals surface area (Å²) in [4.78, 5) is 8.48. The van der Waals surface area contributed by atoms with Gasteiger partial charge in [0.1, 0.15) is 23.7 Å². The number of benzene rings is 1. The summed E-state index contributed by atoms with van der Waals surface area (Å²) in [7, 11) is 0. The van der Waals surface area contributed by atoms with E-state index in [0.29, 0.717) is 39.1 Å². The molecule has 1 unspecified atom stereocenters. The van der Waals surface area contributed by atoms with Crippen LogP contribution in [0.1, 0.15) is 41.1 Å². The summed E-state index contributed by atoms with van der Waals surface area (Å²) in [5.74, 6) is -0.185. The lowest BCUT2D eigenvalue weighted by atomic mass is 10.0. The van der Waals surface area contributed by atoms with Crippen molar-refractivity contribution >= 4 is 29.5 Å². The number of rotatable bonds is 8. The summed E-state index contributed by atoms with van der Waals surface area (Å²) in [5.41, 5.74) is 3.12. The van der Waals surface area contributed by atoms with Crippen molar-refractivity contribution in [2.75, 3.05) is 5.32 Å². The first-order valence-electron chi connectivity index (χ1n) is 10.6. The van der Waals surface area contributed by atoms with Crippen molar-refractivity contribution in [2.45, 2.75) is 38.3 Å². The van der Waals surface area contributed by atoms with Gasteiger partial charge in [-0.25, -0.2) is 13.8 Å². The first-order chi connectivity index (χ1) is 15.9. The Morgan fingerprint density at radius 2 is 2.03 bits per heavy atom. The van der Waals surface area contributed by atoms with Crippen LogP contribution in [0.4, 0.5) is 14.6 Å². The number of anilines is 1. The Labute approximate surface area is 195 Å². The van der Waals surface area contributed by atoms with Gasteiger partial charge in [0.2, 0.25) is 0 Å². The van der Waals surface area contributed by atoms with Crippen molar-refractivity contribution in [1.29, 1.82) is 5.41 Å². The smallest absolute Gasteiger partial charge is 0.133 e. The lowest BCUT2D eigenvalue weighted by molar-refractivity contribution is 0.202. The Morgan fingerprint density at radius 3 is 2.70 bits per heavy atom. The summed E-state index contributed by atoms with van der Waals surface area (Å²) in [6, 6.07) is 7.85. The van der Waals surface area contributed by atoms with Gasteiger partial charge in [0, 0.05) is 46.9 Å². The van der Waals surface area contributed by atoms with E-state index in [0.717, 1.165) is 30.7 Å². The summed E-state index contributed by atoms with van der Waals surface area (Å²) in [6.45, 7) is 1.66. The highest BCUT2D eigenvalue weighted by Gasteiger charge is 2.26. The topological polar surface area (TPSA) is 81.9 Å². The number of aliphatic hydroxyl groups excluding tert-OH is 1. The molecule has 4 rings (SSSR count). The normalized spacial score (nSPS) is 14.8. The minimum absolute atomic E-state index is 0.0177. The van der Waals surface area contributed by atoms with Gasteiger partial charge < -0.3 is 15.8 Å². The molecule has 1 atom stereocenters. The van der Waals surface area contributed by atoms with Gasteiger partial charge in [-0.1, -0.05) is 23.7 Å². The number of pyridine rings is 2.